The summed E-state index contributed by atoms with van der Waals surface area (Å²) in [6, 6.07) is 33.3. The number of rotatable bonds is 6. The summed E-state index contributed by atoms with van der Waals surface area (Å²) in [5.74, 6) is 2.06. The maximum atomic E-state index is 8.78. The fraction of sp³-hybridized carbons (Fsp3) is 0.321. The Morgan fingerprint density at radius 1 is 0.741 bits per heavy atom. The molecule has 8 aromatic rings. The second-order valence-corrected chi connectivity index (χ2v) is 18.8. The van der Waals surface area contributed by atoms with E-state index in [1.807, 2.05) is 53.3 Å². The van der Waals surface area contributed by atoms with Gasteiger partial charge in [0, 0.05) is 49.1 Å². The molecule has 0 saturated carbocycles. The summed E-state index contributed by atoms with van der Waals surface area (Å²) in [6.07, 6.45) is 6.02. The van der Waals surface area contributed by atoms with Crippen molar-refractivity contribution in [3.05, 3.63) is 143 Å². The Morgan fingerprint density at radius 2 is 1.48 bits per heavy atom. The van der Waals surface area contributed by atoms with E-state index in [1.54, 1.807) is 0 Å². The van der Waals surface area contributed by atoms with Crippen molar-refractivity contribution in [2.24, 2.45) is 0 Å². The maximum absolute atomic E-state index is 8.78. The zero-order chi connectivity index (χ0) is 43.0. The average Bonchev–Trinajstić information content (AvgIpc) is 3.88. The lowest BCUT2D eigenvalue weighted by Gasteiger charge is -2.50. The molecule has 0 radical (unpaired) electrons. The summed E-state index contributed by atoms with van der Waals surface area (Å²) < 4.78 is 37.3. The fourth-order valence-electron chi connectivity index (χ4n) is 10.4. The molecule has 1 unspecified atom stereocenters. The second kappa shape index (κ2) is 12.7. The van der Waals surface area contributed by atoms with Gasteiger partial charge in [-0.2, -0.15) is 5.10 Å². The molecule has 292 valence electrons. The number of benzene rings is 5. The quantitative estimate of drug-likeness (QED) is 0.158. The Balaban J connectivity index is 1.16. The Morgan fingerprint density at radius 3 is 2.24 bits per heavy atom. The van der Waals surface area contributed by atoms with E-state index >= 15 is 0 Å². The smallest absolute Gasteiger partial charge is 0.146 e. The van der Waals surface area contributed by atoms with Gasteiger partial charge in [-0.05, 0) is 106 Å². The van der Waals surface area contributed by atoms with Crippen molar-refractivity contribution in [3.63, 3.8) is 0 Å². The minimum absolute atomic E-state index is 0.0746. The third-order valence-electron chi connectivity index (χ3n) is 14.1. The van der Waals surface area contributed by atoms with Crippen LogP contribution in [0.3, 0.4) is 0 Å². The summed E-state index contributed by atoms with van der Waals surface area (Å²) in [5.41, 5.74) is 13.0. The molecule has 1 aliphatic carbocycles. The number of hydrogen-bond acceptors (Lipinski definition) is 3. The topological polar surface area (TPSA) is 44.3 Å². The van der Waals surface area contributed by atoms with Crippen molar-refractivity contribution in [1.82, 2.24) is 19.2 Å². The molecule has 5 aromatic carbocycles. The van der Waals surface area contributed by atoms with Gasteiger partial charge in [-0.1, -0.05) is 123 Å². The van der Waals surface area contributed by atoms with E-state index in [0.717, 1.165) is 73.9 Å². The SMILES string of the molecule is [2H]C([2H])([2H])c1ccc2c3c1c1ccc(Oc4cccc(-n5cc(-c6c(C(C)C)cccc6C(C)C)cn5)c4)cc1c1nc4c(n13)C(C)(CCC(C)(C)c1ccccc1-4)C2(C)C. The van der Waals surface area contributed by atoms with E-state index in [0.29, 0.717) is 28.9 Å². The lowest BCUT2D eigenvalue weighted by molar-refractivity contribution is 0.220. The molecule has 4 heterocycles. The molecule has 0 spiro atoms. The third kappa shape index (κ3) is 5.14. The van der Waals surface area contributed by atoms with Crippen LogP contribution in [0.15, 0.2) is 109 Å². The Bertz CT molecular complexity index is 3060. The van der Waals surface area contributed by atoms with E-state index in [1.165, 1.54) is 22.3 Å². The average molecular weight is 766 g/mol. The molecule has 0 amide bonds. The number of aryl methyl sites for hydroxylation is 1. The number of nitrogens with zero attached hydrogens (tertiary/aromatic N) is 4. The van der Waals surface area contributed by atoms with Crippen LogP contribution in [0, 0.1) is 6.85 Å². The van der Waals surface area contributed by atoms with E-state index in [2.05, 4.69) is 128 Å². The molecular formula is C53H54N4O. The van der Waals surface area contributed by atoms with E-state index in [-0.39, 0.29) is 16.2 Å². The van der Waals surface area contributed by atoms with Gasteiger partial charge in [0.2, 0.25) is 0 Å². The largest absolute Gasteiger partial charge is 0.457 e. The first-order valence-electron chi connectivity index (χ1n) is 22.4. The summed E-state index contributed by atoms with van der Waals surface area (Å²) in [5, 5.41) is 7.32. The van der Waals surface area contributed by atoms with Gasteiger partial charge in [0.05, 0.1) is 28.8 Å². The third-order valence-corrected chi connectivity index (χ3v) is 14.1. The van der Waals surface area contributed by atoms with Gasteiger partial charge in [0.1, 0.15) is 17.1 Å². The number of hydrogen-bond donors (Lipinski definition) is 0. The van der Waals surface area contributed by atoms with Gasteiger partial charge in [-0.3, -0.25) is 4.40 Å². The van der Waals surface area contributed by atoms with Gasteiger partial charge in [0.25, 0.3) is 0 Å². The van der Waals surface area contributed by atoms with Crippen LogP contribution in [0.5, 0.6) is 11.5 Å². The molecule has 0 fully saturated rings. The lowest BCUT2D eigenvalue weighted by Crippen LogP contribution is -2.48. The molecule has 3 aromatic heterocycles. The van der Waals surface area contributed by atoms with Gasteiger partial charge in [0.15, 0.2) is 0 Å². The summed E-state index contributed by atoms with van der Waals surface area (Å²) in [7, 11) is 0. The highest BCUT2D eigenvalue weighted by Crippen LogP contribution is 2.59. The zero-order valence-electron chi connectivity index (χ0n) is 38.2. The van der Waals surface area contributed by atoms with Crippen molar-refractivity contribution in [2.45, 2.75) is 110 Å². The minimum Gasteiger partial charge on any atom is -0.457 e. The molecule has 2 aliphatic rings. The molecule has 1 atom stereocenters. The lowest BCUT2D eigenvalue weighted by atomic mass is 9.55. The molecule has 0 bridgehead atoms. The van der Waals surface area contributed by atoms with E-state index in [4.69, 9.17) is 18.9 Å². The highest BCUT2D eigenvalue weighted by molar-refractivity contribution is 6.15. The number of pyridine rings is 1. The number of imidazole rings is 1. The normalized spacial score (nSPS) is 19.0. The summed E-state index contributed by atoms with van der Waals surface area (Å²) in [6.45, 7) is 18.4. The number of fused-ring (bicyclic) bond motifs is 5. The van der Waals surface area contributed by atoms with Gasteiger partial charge >= 0.3 is 0 Å². The predicted octanol–water partition coefficient (Wildman–Crippen LogP) is 14.1. The van der Waals surface area contributed by atoms with Crippen molar-refractivity contribution >= 4 is 27.3 Å². The first-order chi connectivity index (χ1) is 28.9. The van der Waals surface area contributed by atoms with Crippen LogP contribution in [0.1, 0.15) is 125 Å². The first kappa shape index (κ1) is 33.3. The molecule has 5 heteroatoms. The molecule has 5 nitrogen and oxygen atoms in total. The highest BCUT2D eigenvalue weighted by Gasteiger charge is 2.52. The first-order valence-corrected chi connectivity index (χ1v) is 20.9. The molecule has 58 heavy (non-hydrogen) atoms. The molecule has 0 N–H and O–H groups in total. The summed E-state index contributed by atoms with van der Waals surface area (Å²) in [4.78, 5) is 5.64. The monoisotopic (exact) mass is 765 g/mol. The predicted molar refractivity (Wildman–Crippen MR) is 240 cm³/mol. The van der Waals surface area contributed by atoms with Gasteiger partial charge in [-0.25, -0.2) is 9.67 Å². The van der Waals surface area contributed by atoms with Crippen LogP contribution >= 0.6 is 0 Å². The standard InChI is InChI=1S/C53H54N4O/c1-31(2)38-18-14-19-39(32(3)4)46(38)34-29-54-56(30-34)35-15-13-16-36(27-35)58-37-22-23-40-42(28-37)50-55-47-41-17-11-12-20-43(41)51(6,7)25-26-53(10)49(47)57(50)48-44(52(53,8)9)24-21-33(5)45(40)48/h11-24,27-32H,25-26H2,1-10H3/i5D3. The highest BCUT2D eigenvalue weighted by atomic mass is 16.5. The molecule has 0 saturated heterocycles. The van der Waals surface area contributed by atoms with Crippen molar-refractivity contribution in [3.8, 4) is 39.6 Å². The zero-order valence-corrected chi connectivity index (χ0v) is 35.2. The van der Waals surface area contributed by atoms with Crippen molar-refractivity contribution in [1.29, 1.82) is 0 Å². The van der Waals surface area contributed by atoms with Crippen LogP contribution in [0.2, 0.25) is 0 Å². The van der Waals surface area contributed by atoms with Gasteiger partial charge in [-0.15, -0.1) is 0 Å². The van der Waals surface area contributed by atoms with Crippen LogP contribution in [-0.2, 0) is 16.2 Å². The van der Waals surface area contributed by atoms with Crippen LogP contribution < -0.4 is 4.74 Å². The maximum Gasteiger partial charge on any atom is 0.146 e. The van der Waals surface area contributed by atoms with Gasteiger partial charge < -0.3 is 4.74 Å². The Hall–Kier alpha value is -5.68. The van der Waals surface area contributed by atoms with E-state index in [9.17, 15) is 0 Å². The van der Waals surface area contributed by atoms with Crippen LogP contribution in [-0.4, -0.2) is 19.2 Å². The fourth-order valence-corrected chi connectivity index (χ4v) is 10.4. The van der Waals surface area contributed by atoms with Crippen LogP contribution in [0.25, 0.3) is 55.4 Å². The number of aromatic nitrogens is 4. The summed E-state index contributed by atoms with van der Waals surface area (Å²) >= 11 is 0. The minimum atomic E-state index is -2.33. The molecule has 1 aliphatic heterocycles. The Kier molecular flexibility index (Phi) is 7.27. The van der Waals surface area contributed by atoms with Crippen molar-refractivity contribution < 1.29 is 8.85 Å². The number of ether oxygens (including phenoxy) is 1. The van der Waals surface area contributed by atoms with E-state index < -0.39 is 6.85 Å². The second-order valence-electron chi connectivity index (χ2n) is 18.8. The molecule has 10 rings (SSSR count). The Labute approximate surface area is 346 Å². The molecular weight excluding hydrogens is 709 g/mol. The van der Waals surface area contributed by atoms with Crippen LogP contribution in [0.4, 0.5) is 0 Å². The van der Waals surface area contributed by atoms with Crippen molar-refractivity contribution in [2.75, 3.05) is 0 Å².